The van der Waals surface area contributed by atoms with Crippen molar-refractivity contribution in [2.75, 3.05) is 31.1 Å². The quantitative estimate of drug-likeness (QED) is 0.758. The van der Waals surface area contributed by atoms with Crippen molar-refractivity contribution in [3.63, 3.8) is 0 Å². The Hall–Kier alpha value is -1.59. The third kappa shape index (κ3) is 3.51. The first-order valence-electron chi connectivity index (χ1n) is 7.30. The summed E-state index contributed by atoms with van der Waals surface area (Å²) in [6.07, 6.45) is 0. The highest BCUT2D eigenvalue weighted by Crippen LogP contribution is 2.24. The van der Waals surface area contributed by atoms with Crippen molar-refractivity contribution in [1.29, 1.82) is 0 Å². The van der Waals surface area contributed by atoms with Gasteiger partial charge in [0.15, 0.2) is 0 Å². The van der Waals surface area contributed by atoms with Gasteiger partial charge in [0.1, 0.15) is 5.82 Å². The van der Waals surface area contributed by atoms with Crippen LogP contribution in [0.1, 0.15) is 10.4 Å². The zero-order valence-corrected chi connectivity index (χ0v) is 14.6. The summed E-state index contributed by atoms with van der Waals surface area (Å²) in [6.45, 7) is 2.28. The fourth-order valence-corrected chi connectivity index (χ4v) is 3.45. The number of rotatable bonds is 2. The highest BCUT2D eigenvalue weighted by Gasteiger charge is 2.24. The van der Waals surface area contributed by atoms with Gasteiger partial charge in [0, 0.05) is 30.7 Å². The molecule has 0 aromatic heterocycles. The molecule has 6 heteroatoms. The maximum atomic E-state index is 13.8. The summed E-state index contributed by atoms with van der Waals surface area (Å²) in [7, 11) is 0. The van der Waals surface area contributed by atoms with Crippen LogP contribution in [0.5, 0.6) is 0 Å². The molecule has 0 saturated carbocycles. The van der Waals surface area contributed by atoms with Crippen LogP contribution in [0.3, 0.4) is 0 Å². The Morgan fingerprint density at radius 3 is 2.43 bits per heavy atom. The molecular weight excluding hydrogens is 383 g/mol. The van der Waals surface area contributed by atoms with Gasteiger partial charge < -0.3 is 9.80 Å². The third-order valence-corrected chi connectivity index (χ3v) is 4.73. The molecule has 1 amide bonds. The van der Waals surface area contributed by atoms with Crippen LogP contribution in [0.4, 0.5) is 10.1 Å². The lowest BCUT2D eigenvalue weighted by atomic mass is 10.1. The lowest BCUT2D eigenvalue weighted by molar-refractivity contribution is 0.0747. The van der Waals surface area contributed by atoms with Crippen molar-refractivity contribution >= 4 is 39.1 Å². The number of carbonyl (C=O) groups excluding carboxylic acids is 1. The Balaban J connectivity index is 1.69. The lowest BCUT2D eigenvalue weighted by Crippen LogP contribution is -2.49. The third-order valence-electron chi connectivity index (χ3n) is 3.92. The van der Waals surface area contributed by atoms with Gasteiger partial charge in [-0.15, -0.1) is 0 Å². The van der Waals surface area contributed by atoms with Crippen LogP contribution < -0.4 is 4.90 Å². The van der Waals surface area contributed by atoms with Gasteiger partial charge in [-0.25, -0.2) is 4.39 Å². The molecule has 2 aromatic carbocycles. The molecule has 0 spiro atoms. The van der Waals surface area contributed by atoms with Crippen LogP contribution in [-0.4, -0.2) is 37.0 Å². The van der Waals surface area contributed by atoms with Crippen molar-refractivity contribution in [2.24, 2.45) is 0 Å². The fourth-order valence-electron chi connectivity index (χ4n) is 2.69. The predicted molar refractivity (Wildman–Crippen MR) is 93.7 cm³/mol. The molecule has 0 atom stereocenters. The van der Waals surface area contributed by atoms with E-state index in [1.165, 1.54) is 6.07 Å². The largest absolute Gasteiger partial charge is 0.366 e. The van der Waals surface area contributed by atoms with E-state index in [1.54, 1.807) is 35.2 Å². The second kappa shape index (κ2) is 6.89. The Labute approximate surface area is 147 Å². The van der Waals surface area contributed by atoms with Crippen molar-refractivity contribution in [2.45, 2.75) is 0 Å². The molecule has 0 unspecified atom stereocenters. The van der Waals surface area contributed by atoms with E-state index in [-0.39, 0.29) is 11.7 Å². The number of halogens is 3. The average molecular weight is 398 g/mol. The van der Waals surface area contributed by atoms with Crippen LogP contribution >= 0.6 is 27.5 Å². The van der Waals surface area contributed by atoms with Crippen LogP contribution in [0.15, 0.2) is 46.9 Å². The van der Waals surface area contributed by atoms with E-state index in [0.29, 0.717) is 42.5 Å². The summed E-state index contributed by atoms with van der Waals surface area (Å²) in [5, 5.41) is 0.431. The molecule has 1 aliphatic heterocycles. The number of nitrogens with zero attached hydrogens (tertiary/aromatic N) is 2. The van der Waals surface area contributed by atoms with Crippen LogP contribution in [0.25, 0.3) is 0 Å². The molecule has 0 bridgehead atoms. The van der Waals surface area contributed by atoms with Gasteiger partial charge in [-0.05, 0) is 30.3 Å². The monoisotopic (exact) mass is 396 g/mol. The van der Waals surface area contributed by atoms with E-state index in [0.717, 1.165) is 4.47 Å². The smallest absolute Gasteiger partial charge is 0.255 e. The number of para-hydroxylation sites is 1. The normalized spacial score (nSPS) is 14.9. The molecule has 0 radical (unpaired) electrons. The number of hydrogen-bond donors (Lipinski definition) is 0. The number of hydrogen-bond acceptors (Lipinski definition) is 2. The topological polar surface area (TPSA) is 23.6 Å². The molecule has 3 nitrogen and oxygen atoms in total. The summed E-state index contributed by atoms with van der Waals surface area (Å²) in [5.41, 5.74) is 1.08. The van der Waals surface area contributed by atoms with Crippen LogP contribution in [-0.2, 0) is 0 Å². The minimum Gasteiger partial charge on any atom is -0.366 e. The fraction of sp³-hybridized carbons (Fsp3) is 0.235. The lowest BCUT2D eigenvalue weighted by Gasteiger charge is -2.36. The van der Waals surface area contributed by atoms with E-state index in [1.807, 2.05) is 11.0 Å². The molecule has 1 aliphatic rings. The highest BCUT2D eigenvalue weighted by atomic mass is 79.9. The first-order chi connectivity index (χ1) is 11.1. The summed E-state index contributed by atoms with van der Waals surface area (Å²) < 4.78 is 14.7. The van der Waals surface area contributed by atoms with E-state index in [4.69, 9.17) is 11.6 Å². The van der Waals surface area contributed by atoms with Crippen molar-refractivity contribution in [1.82, 2.24) is 4.90 Å². The molecular formula is C17H15BrClFN2O. The van der Waals surface area contributed by atoms with Gasteiger partial charge in [-0.2, -0.15) is 0 Å². The summed E-state index contributed by atoms with van der Waals surface area (Å²) >= 11 is 9.48. The number of anilines is 1. The van der Waals surface area contributed by atoms with Crippen LogP contribution in [0.2, 0.25) is 5.02 Å². The summed E-state index contributed by atoms with van der Waals surface area (Å²) in [5.74, 6) is -0.320. The highest BCUT2D eigenvalue weighted by molar-refractivity contribution is 9.10. The molecule has 23 heavy (non-hydrogen) atoms. The molecule has 0 N–H and O–H groups in total. The minimum atomic E-state index is -0.233. The van der Waals surface area contributed by atoms with Crippen molar-refractivity contribution < 1.29 is 9.18 Å². The number of amides is 1. The average Bonchev–Trinajstić information content (AvgIpc) is 2.55. The standard InChI is InChI=1S/C17H15BrClFN2O/c18-12-5-6-13(14(19)11-12)17(23)22-9-7-21(8-10-22)16-4-2-1-3-15(16)20/h1-6,11H,7-10H2. The molecule has 1 fully saturated rings. The second-order valence-electron chi connectivity index (χ2n) is 5.35. The zero-order chi connectivity index (χ0) is 16.4. The van der Waals surface area contributed by atoms with Gasteiger partial charge in [0.25, 0.3) is 5.91 Å². The predicted octanol–water partition coefficient (Wildman–Crippen LogP) is 4.20. The first-order valence-corrected chi connectivity index (χ1v) is 8.47. The number of benzene rings is 2. The van der Waals surface area contributed by atoms with Gasteiger partial charge in [0.2, 0.25) is 0 Å². The Kier molecular flexibility index (Phi) is 4.87. The van der Waals surface area contributed by atoms with E-state index in [9.17, 15) is 9.18 Å². The minimum absolute atomic E-state index is 0.0873. The SMILES string of the molecule is O=C(c1ccc(Br)cc1Cl)N1CCN(c2ccccc2F)CC1. The number of piperazine rings is 1. The maximum absolute atomic E-state index is 13.8. The summed E-state index contributed by atoms with van der Waals surface area (Å²) in [4.78, 5) is 16.3. The van der Waals surface area contributed by atoms with Gasteiger partial charge >= 0.3 is 0 Å². The molecule has 0 aliphatic carbocycles. The van der Waals surface area contributed by atoms with E-state index in [2.05, 4.69) is 15.9 Å². The van der Waals surface area contributed by atoms with E-state index >= 15 is 0 Å². The Morgan fingerprint density at radius 1 is 1.09 bits per heavy atom. The van der Waals surface area contributed by atoms with Gasteiger partial charge in [0.05, 0.1) is 16.3 Å². The molecule has 1 saturated heterocycles. The molecule has 2 aromatic rings. The van der Waals surface area contributed by atoms with Crippen molar-refractivity contribution in [3.8, 4) is 0 Å². The Morgan fingerprint density at radius 2 is 1.78 bits per heavy atom. The molecule has 120 valence electrons. The summed E-state index contributed by atoms with van der Waals surface area (Å²) in [6, 6.07) is 11.9. The second-order valence-corrected chi connectivity index (χ2v) is 6.68. The Bertz CT molecular complexity index is 732. The zero-order valence-electron chi connectivity index (χ0n) is 12.3. The maximum Gasteiger partial charge on any atom is 0.255 e. The molecule has 3 rings (SSSR count). The van der Waals surface area contributed by atoms with Crippen molar-refractivity contribution in [3.05, 3.63) is 63.3 Å². The van der Waals surface area contributed by atoms with Gasteiger partial charge in [-0.1, -0.05) is 39.7 Å². The van der Waals surface area contributed by atoms with E-state index < -0.39 is 0 Å². The number of carbonyl (C=O) groups is 1. The van der Waals surface area contributed by atoms with Crippen LogP contribution in [0, 0.1) is 5.82 Å². The molecule has 1 heterocycles. The van der Waals surface area contributed by atoms with Gasteiger partial charge in [-0.3, -0.25) is 4.79 Å². The first kappa shape index (κ1) is 16.3.